The van der Waals surface area contributed by atoms with Gasteiger partial charge in [0, 0.05) is 56.6 Å². The first-order valence-electron chi connectivity index (χ1n) is 8.58. The summed E-state index contributed by atoms with van der Waals surface area (Å²) in [5, 5.41) is 16.3. The zero-order chi connectivity index (χ0) is 18.4. The highest BCUT2D eigenvalue weighted by Crippen LogP contribution is 2.16. The summed E-state index contributed by atoms with van der Waals surface area (Å²) in [6.45, 7) is 8.99. The van der Waals surface area contributed by atoms with E-state index in [1.807, 2.05) is 0 Å². The van der Waals surface area contributed by atoms with E-state index in [1.54, 1.807) is 0 Å². The van der Waals surface area contributed by atoms with Gasteiger partial charge in [0.2, 0.25) is 0 Å². The quantitative estimate of drug-likeness (QED) is 0.605. The first-order chi connectivity index (χ1) is 11.9. The summed E-state index contributed by atoms with van der Waals surface area (Å²) < 4.78 is 0. The van der Waals surface area contributed by atoms with Crippen LogP contribution in [0, 0.1) is 16.0 Å². The zero-order valence-corrected chi connectivity index (χ0v) is 15.1. The molecule has 0 radical (unpaired) electrons. The lowest BCUT2D eigenvalue weighted by Crippen LogP contribution is -2.54. The Morgan fingerprint density at radius 2 is 1.80 bits per heavy atom. The maximum absolute atomic E-state index is 12.1. The molecule has 0 saturated carbocycles. The molecule has 138 valence electrons. The standard InChI is InChI=1S/C17H27N5O3/c1-13(2)16(21-10-8-20(3)9-11-21)12-18-17(23)19-14-4-6-15(7-5-14)22(24)25/h4-7,13,16H,8-12H2,1-3H3,(H2,18,19,23)/t16-/m1/s1. The number of carbonyl (C=O) groups is 1. The number of likely N-dealkylation sites (N-methyl/N-ethyl adjacent to an activating group) is 1. The highest BCUT2D eigenvalue weighted by molar-refractivity contribution is 5.89. The number of piperazine rings is 1. The molecule has 8 heteroatoms. The third kappa shape index (κ3) is 5.68. The van der Waals surface area contributed by atoms with Crippen LogP contribution in [-0.2, 0) is 0 Å². The zero-order valence-electron chi connectivity index (χ0n) is 15.1. The summed E-state index contributed by atoms with van der Waals surface area (Å²) in [6.07, 6.45) is 0. The fourth-order valence-electron chi connectivity index (χ4n) is 2.98. The predicted octanol–water partition coefficient (Wildman–Crippen LogP) is 1.99. The van der Waals surface area contributed by atoms with E-state index in [0.717, 1.165) is 26.2 Å². The van der Waals surface area contributed by atoms with Crippen molar-refractivity contribution in [3.63, 3.8) is 0 Å². The highest BCUT2D eigenvalue weighted by atomic mass is 16.6. The Bertz CT molecular complexity index is 582. The monoisotopic (exact) mass is 349 g/mol. The van der Waals surface area contributed by atoms with Crippen molar-refractivity contribution in [3.8, 4) is 0 Å². The molecule has 1 aliphatic rings. The van der Waals surface area contributed by atoms with Gasteiger partial charge in [-0.25, -0.2) is 4.79 Å². The van der Waals surface area contributed by atoms with Crippen molar-refractivity contribution >= 4 is 17.4 Å². The number of nitrogens with one attached hydrogen (secondary N) is 2. The van der Waals surface area contributed by atoms with Gasteiger partial charge in [-0.2, -0.15) is 0 Å². The second-order valence-electron chi connectivity index (χ2n) is 6.79. The first kappa shape index (κ1) is 19.1. The summed E-state index contributed by atoms with van der Waals surface area (Å²) >= 11 is 0. The molecule has 8 nitrogen and oxygen atoms in total. The molecular formula is C17H27N5O3. The summed E-state index contributed by atoms with van der Waals surface area (Å²) in [4.78, 5) is 27.0. The molecule has 1 aromatic carbocycles. The molecule has 0 aliphatic carbocycles. The molecule has 2 N–H and O–H groups in total. The number of benzene rings is 1. The van der Waals surface area contributed by atoms with Crippen LogP contribution in [0.2, 0.25) is 0 Å². The number of anilines is 1. The Morgan fingerprint density at radius 3 is 2.32 bits per heavy atom. The number of urea groups is 1. The summed E-state index contributed by atoms with van der Waals surface area (Å²) in [5.41, 5.74) is 0.532. The van der Waals surface area contributed by atoms with E-state index < -0.39 is 4.92 Å². The summed E-state index contributed by atoms with van der Waals surface area (Å²) in [7, 11) is 2.12. The van der Waals surface area contributed by atoms with Crippen LogP contribution in [-0.4, -0.2) is 66.6 Å². The minimum atomic E-state index is -0.465. The molecule has 1 aromatic rings. The fourth-order valence-corrected chi connectivity index (χ4v) is 2.98. The van der Waals surface area contributed by atoms with Crippen molar-refractivity contribution in [1.82, 2.24) is 15.1 Å². The maximum Gasteiger partial charge on any atom is 0.319 e. The summed E-state index contributed by atoms with van der Waals surface area (Å²) in [5.74, 6) is 0.433. The van der Waals surface area contributed by atoms with Crippen LogP contribution in [0.25, 0.3) is 0 Å². The number of non-ortho nitro benzene ring substituents is 1. The molecule has 1 saturated heterocycles. The van der Waals surface area contributed by atoms with E-state index in [4.69, 9.17) is 0 Å². The van der Waals surface area contributed by atoms with E-state index in [0.29, 0.717) is 18.2 Å². The largest absolute Gasteiger partial charge is 0.336 e. The van der Waals surface area contributed by atoms with Crippen molar-refractivity contribution in [2.45, 2.75) is 19.9 Å². The van der Waals surface area contributed by atoms with Gasteiger partial charge in [-0.15, -0.1) is 0 Å². The molecule has 1 heterocycles. The van der Waals surface area contributed by atoms with Gasteiger partial charge in [0.1, 0.15) is 0 Å². The SMILES string of the molecule is CC(C)[C@@H](CNC(=O)Nc1ccc([N+](=O)[O-])cc1)N1CCN(C)CC1. The van der Waals surface area contributed by atoms with E-state index in [-0.39, 0.29) is 17.8 Å². The normalized spacial score (nSPS) is 17.3. The van der Waals surface area contributed by atoms with Crippen LogP contribution < -0.4 is 10.6 Å². The lowest BCUT2D eigenvalue weighted by atomic mass is 10.0. The van der Waals surface area contributed by atoms with Crippen LogP contribution >= 0.6 is 0 Å². The second kappa shape index (κ2) is 8.77. The molecular weight excluding hydrogens is 322 g/mol. The van der Waals surface area contributed by atoms with Gasteiger partial charge < -0.3 is 15.5 Å². The number of amides is 2. The van der Waals surface area contributed by atoms with Gasteiger partial charge in [-0.3, -0.25) is 15.0 Å². The van der Waals surface area contributed by atoms with Gasteiger partial charge in [-0.05, 0) is 25.1 Å². The van der Waals surface area contributed by atoms with E-state index >= 15 is 0 Å². The van der Waals surface area contributed by atoms with Crippen LogP contribution in [0.5, 0.6) is 0 Å². The van der Waals surface area contributed by atoms with Gasteiger partial charge in [0.25, 0.3) is 5.69 Å². The Hall–Kier alpha value is -2.19. The predicted molar refractivity (Wildman–Crippen MR) is 97.8 cm³/mol. The molecule has 1 aliphatic heterocycles. The number of rotatable bonds is 6. The molecule has 0 unspecified atom stereocenters. The lowest BCUT2D eigenvalue weighted by molar-refractivity contribution is -0.384. The van der Waals surface area contributed by atoms with Gasteiger partial charge in [-0.1, -0.05) is 13.8 Å². The Balaban J connectivity index is 1.85. The lowest BCUT2D eigenvalue weighted by Gasteiger charge is -2.39. The smallest absolute Gasteiger partial charge is 0.319 e. The minimum Gasteiger partial charge on any atom is -0.336 e. The van der Waals surface area contributed by atoms with Crippen LogP contribution in [0.15, 0.2) is 24.3 Å². The Morgan fingerprint density at radius 1 is 1.20 bits per heavy atom. The van der Waals surface area contributed by atoms with Crippen molar-refractivity contribution < 1.29 is 9.72 Å². The highest BCUT2D eigenvalue weighted by Gasteiger charge is 2.25. The van der Waals surface area contributed by atoms with Gasteiger partial charge in [0.05, 0.1) is 4.92 Å². The van der Waals surface area contributed by atoms with E-state index in [2.05, 4.69) is 41.3 Å². The molecule has 25 heavy (non-hydrogen) atoms. The number of nitrogens with zero attached hydrogens (tertiary/aromatic N) is 3. The van der Waals surface area contributed by atoms with Crippen molar-refractivity contribution in [2.24, 2.45) is 5.92 Å². The van der Waals surface area contributed by atoms with Crippen LogP contribution in [0.4, 0.5) is 16.2 Å². The van der Waals surface area contributed by atoms with Crippen molar-refractivity contribution in [3.05, 3.63) is 34.4 Å². The Labute approximate surface area is 148 Å². The maximum atomic E-state index is 12.1. The topological polar surface area (TPSA) is 90.7 Å². The third-order valence-corrected chi connectivity index (χ3v) is 4.58. The van der Waals surface area contributed by atoms with Crippen molar-refractivity contribution in [2.75, 3.05) is 45.1 Å². The van der Waals surface area contributed by atoms with Gasteiger partial charge in [0.15, 0.2) is 0 Å². The first-order valence-corrected chi connectivity index (χ1v) is 8.58. The van der Waals surface area contributed by atoms with Crippen LogP contribution in [0.3, 0.4) is 0 Å². The van der Waals surface area contributed by atoms with E-state index in [9.17, 15) is 14.9 Å². The minimum absolute atomic E-state index is 0.000830. The number of nitro benzene ring substituents is 1. The third-order valence-electron chi connectivity index (χ3n) is 4.58. The number of carbonyl (C=O) groups excluding carboxylic acids is 1. The fraction of sp³-hybridized carbons (Fsp3) is 0.588. The van der Waals surface area contributed by atoms with Gasteiger partial charge >= 0.3 is 6.03 Å². The van der Waals surface area contributed by atoms with Crippen molar-refractivity contribution in [1.29, 1.82) is 0 Å². The molecule has 2 amide bonds. The average molecular weight is 349 g/mol. The Kier molecular flexibility index (Phi) is 6.72. The van der Waals surface area contributed by atoms with Crippen LogP contribution in [0.1, 0.15) is 13.8 Å². The average Bonchev–Trinajstić information content (AvgIpc) is 2.57. The molecule has 0 spiro atoms. The molecule has 0 aromatic heterocycles. The number of hydrogen-bond acceptors (Lipinski definition) is 5. The summed E-state index contributed by atoms with van der Waals surface area (Å²) in [6, 6.07) is 5.79. The number of hydrogen-bond donors (Lipinski definition) is 2. The molecule has 1 atom stereocenters. The molecule has 2 rings (SSSR count). The molecule has 1 fully saturated rings. The molecule has 0 bridgehead atoms. The number of nitro groups is 1. The second-order valence-corrected chi connectivity index (χ2v) is 6.79. The van der Waals surface area contributed by atoms with E-state index in [1.165, 1.54) is 24.3 Å².